The summed E-state index contributed by atoms with van der Waals surface area (Å²) in [5.41, 5.74) is -0.103. The summed E-state index contributed by atoms with van der Waals surface area (Å²) in [5, 5.41) is 5.75. The fraction of sp³-hybridized carbons (Fsp3) is 0.900. The zero-order chi connectivity index (χ0) is 10.5. The van der Waals surface area contributed by atoms with E-state index in [0.29, 0.717) is 0 Å². The molecule has 0 spiro atoms. The van der Waals surface area contributed by atoms with E-state index in [9.17, 15) is 4.79 Å². The average molecular weight is 186 g/mol. The molecule has 0 rings (SSSR count). The van der Waals surface area contributed by atoms with Crippen molar-refractivity contribution in [2.45, 2.75) is 59.0 Å². The Kier molecular flexibility index (Phi) is 4.81. The molecule has 13 heavy (non-hydrogen) atoms. The maximum absolute atomic E-state index is 11.3. The molecule has 0 atom stereocenters. The van der Waals surface area contributed by atoms with Gasteiger partial charge in [0.25, 0.3) is 0 Å². The van der Waals surface area contributed by atoms with E-state index in [-0.39, 0.29) is 17.6 Å². The summed E-state index contributed by atoms with van der Waals surface area (Å²) in [5.74, 6) is 0. The molecule has 2 N–H and O–H groups in total. The van der Waals surface area contributed by atoms with Crippen molar-refractivity contribution < 1.29 is 4.79 Å². The Labute approximate surface area is 81.3 Å². The van der Waals surface area contributed by atoms with Crippen molar-refractivity contribution in [1.29, 1.82) is 0 Å². The van der Waals surface area contributed by atoms with Gasteiger partial charge in [0.1, 0.15) is 0 Å². The minimum absolute atomic E-state index is 0.0755. The van der Waals surface area contributed by atoms with Crippen molar-refractivity contribution in [3.8, 4) is 0 Å². The molecule has 0 aromatic carbocycles. The second-order valence-electron chi connectivity index (χ2n) is 4.39. The molecule has 0 bridgehead atoms. The van der Waals surface area contributed by atoms with Crippen LogP contribution in [0.1, 0.15) is 47.5 Å². The molecule has 0 radical (unpaired) electrons. The van der Waals surface area contributed by atoms with Crippen molar-refractivity contribution in [2.24, 2.45) is 0 Å². The third kappa shape index (κ3) is 6.43. The summed E-state index contributed by atoms with van der Waals surface area (Å²) in [4.78, 5) is 11.3. The lowest BCUT2D eigenvalue weighted by Gasteiger charge is -2.26. The van der Waals surface area contributed by atoms with Crippen molar-refractivity contribution >= 4 is 6.03 Å². The summed E-state index contributed by atoms with van der Waals surface area (Å²) in [7, 11) is 0. The van der Waals surface area contributed by atoms with Crippen molar-refractivity contribution in [3.05, 3.63) is 0 Å². The quantitative estimate of drug-likeness (QED) is 0.694. The first-order valence-corrected chi connectivity index (χ1v) is 4.96. The molecule has 0 heterocycles. The van der Waals surface area contributed by atoms with Gasteiger partial charge in [-0.3, -0.25) is 0 Å². The third-order valence-electron chi connectivity index (χ3n) is 1.75. The number of nitrogens with one attached hydrogen (secondary N) is 2. The van der Waals surface area contributed by atoms with Crippen molar-refractivity contribution in [1.82, 2.24) is 10.6 Å². The molecular formula is C10H22N2O. The van der Waals surface area contributed by atoms with E-state index in [4.69, 9.17) is 0 Å². The smallest absolute Gasteiger partial charge is 0.315 e. The fourth-order valence-electron chi connectivity index (χ4n) is 1.29. The van der Waals surface area contributed by atoms with Crippen LogP contribution in [0, 0.1) is 0 Å². The van der Waals surface area contributed by atoms with Gasteiger partial charge in [-0.05, 0) is 34.1 Å². The summed E-state index contributed by atoms with van der Waals surface area (Å²) >= 11 is 0. The maximum atomic E-state index is 11.3. The predicted molar refractivity (Wildman–Crippen MR) is 55.8 cm³/mol. The monoisotopic (exact) mass is 186 g/mol. The molecule has 2 amide bonds. The lowest BCUT2D eigenvalue weighted by Crippen LogP contribution is -2.49. The summed E-state index contributed by atoms with van der Waals surface area (Å²) in [6.45, 7) is 10.1. The number of amides is 2. The fourth-order valence-corrected chi connectivity index (χ4v) is 1.29. The number of rotatable bonds is 4. The summed E-state index contributed by atoms with van der Waals surface area (Å²) < 4.78 is 0. The van der Waals surface area contributed by atoms with E-state index < -0.39 is 0 Å². The molecular weight excluding hydrogens is 164 g/mol. The van der Waals surface area contributed by atoms with Crippen molar-refractivity contribution in [2.75, 3.05) is 0 Å². The minimum atomic E-state index is -0.103. The van der Waals surface area contributed by atoms with Gasteiger partial charge in [0.15, 0.2) is 0 Å². The predicted octanol–water partition coefficient (Wildman–Crippen LogP) is 2.27. The van der Waals surface area contributed by atoms with Gasteiger partial charge >= 0.3 is 6.03 Å². The second kappa shape index (κ2) is 5.10. The molecule has 0 aliphatic rings. The molecule has 3 heteroatoms. The van der Waals surface area contributed by atoms with Gasteiger partial charge in [-0.25, -0.2) is 4.79 Å². The van der Waals surface area contributed by atoms with Crippen LogP contribution in [0.4, 0.5) is 4.79 Å². The Morgan fingerprint density at radius 3 is 2.31 bits per heavy atom. The van der Waals surface area contributed by atoms with Gasteiger partial charge in [0.2, 0.25) is 0 Å². The molecule has 3 nitrogen and oxygen atoms in total. The standard InChI is InChI=1S/C10H22N2O/c1-6-7-10(4,5)12-9(13)11-8(2)3/h8H,6-7H2,1-5H3,(H2,11,12,13). The topological polar surface area (TPSA) is 41.1 Å². The lowest BCUT2D eigenvalue weighted by molar-refractivity contribution is 0.225. The summed E-state index contributed by atoms with van der Waals surface area (Å²) in [6.07, 6.45) is 2.08. The molecule has 0 fully saturated rings. The van der Waals surface area contributed by atoms with Crippen LogP contribution in [0.15, 0.2) is 0 Å². The minimum Gasteiger partial charge on any atom is -0.336 e. The highest BCUT2D eigenvalue weighted by molar-refractivity contribution is 5.74. The van der Waals surface area contributed by atoms with Gasteiger partial charge in [0, 0.05) is 11.6 Å². The van der Waals surface area contributed by atoms with E-state index >= 15 is 0 Å². The highest BCUT2D eigenvalue weighted by atomic mass is 16.2. The highest BCUT2D eigenvalue weighted by Gasteiger charge is 2.18. The maximum Gasteiger partial charge on any atom is 0.315 e. The van der Waals surface area contributed by atoms with E-state index in [2.05, 4.69) is 17.6 Å². The zero-order valence-electron chi connectivity index (χ0n) is 9.40. The Bertz CT molecular complexity index is 164. The number of hydrogen-bond donors (Lipinski definition) is 2. The SMILES string of the molecule is CCCC(C)(C)NC(=O)NC(C)C. The van der Waals surface area contributed by atoms with Gasteiger partial charge in [-0.2, -0.15) is 0 Å². The van der Waals surface area contributed by atoms with Crippen LogP contribution in [0.3, 0.4) is 0 Å². The van der Waals surface area contributed by atoms with Gasteiger partial charge in [0.05, 0.1) is 0 Å². The second-order valence-corrected chi connectivity index (χ2v) is 4.39. The molecule has 0 aromatic heterocycles. The van der Waals surface area contributed by atoms with Crippen LogP contribution in [0.2, 0.25) is 0 Å². The number of carbonyl (C=O) groups excluding carboxylic acids is 1. The summed E-state index contributed by atoms with van der Waals surface area (Å²) in [6, 6.07) is 0.117. The van der Waals surface area contributed by atoms with Crippen LogP contribution in [-0.4, -0.2) is 17.6 Å². The molecule has 0 saturated carbocycles. The Balaban J connectivity index is 3.89. The van der Waals surface area contributed by atoms with Crippen LogP contribution in [-0.2, 0) is 0 Å². The molecule has 0 aliphatic carbocycles. The Morgan fingerprint density at radius 1 is 1.38 bits per heavy atom. The first kappa shape index (κ1) is 12.3. The van der Waals surface area contributed by atoms with Gasteiger partial charge < -0.3 is 10.6 Å². The van der Waals surface area contributed by atoms with E-state index in [1.54, 1.807) is 0 Å². The number of hydrogen-bond acceptors (Lipinski definition) is 1. The number of urea groups is 1. The molecule has 78 valence electrons. The third-order valence-corrected chi connectivity index (χ3v) is 1.75. The Hall–Kier alpha value is -0.730. The van der Waals surface area contributed by atoms with Crippen LogP contribution < -0.4 is 10.6 Å². The largest absolute Gasteiger partial charge is 0.336 e. The van der Waals surface area contributed by atoms with E-state index in [1.807, 2.05) is 27.7 Å². The van der Waals surface area contributed by atoms with Gasteiger partial charge in [-0.1, -0.05) is 13.3 Å². The van der Waals surface area contributed by atoms with Crippen molar-refractivity contribution in [3.63, 3.8) is 0 Å². The average Bonchev–Trinajstić information content (AvgIpc) is 1.81. The molecule has 0 aliphatic heterocycles. The molecule has 0 aromatic rings. The first-order valence-electron chi connectivity index (χ1n) is 4.96. The van der Waals surface area contributed by atoms with E-state index in [0.717, 1.165) is 12.8 Å². The van der Waals surface area contributed by atoms with E-state index in [1.165, 1.54) is 0 Å². The zero-order valence-corrected chi connectivity index (χ0v) is 9.40. The highest BCUT2D eigenvalue weighted by Crippen LogP contribution is 2.09. The first-order chi connectivity index (χ1) is 5.87. The van der Waals surface area contributed by atoms with Crippen LogP contribution >= 0.6 is 0 Å². The lowest BCUT2D eigenvalue weighted by atomic mass is 9.99. The molecule has 0 saturated heterocycles. The normalized spacial score (nSPS) is 11.5. The Morgan fingerprint density at radius 2 is 1.92 bits per heavy atom. The van der Waals surface area contributed by atoms with Crippen LogP contribution in [0.5, 0.6) is 0 Å². The van der Waals surface area contributed by atoms with Gasteiger partial charge in [-0.15, -0.1) is 0 Å². The van der Waals surface area contributed by atoms with Crippen LogP contribution in [0.25, 0.3) is 0 Å². The number of carbonyl (C=O) groups is 1. The molecule has 0 unspecified atom stereocenters.